The summed E-state index contributed by atoms with van der Waals surface area (Å²) in [5, 5.41) is 9.81. The van der Waals surface area contributed by atoms with E-state index in [0.717, 1.165) is 10.9 Å². The summed E-state index contributed by atoms with van der Waals surface area (Å²) in [7, 11) is 0. The highest BCUT2D eigenvalue weighted by Crippen LogP contribution is 2.22. The second-order valence-corrected chi connectivity index (χ2v) is 4.12. The van der Waals surface area contributed by atoms with E-state index in [0.29, 0.717) is 24.3 Å². The van der Waals surface area contributed by atoms with Gasteiger partial charge in [-0.1, -0.05) is 18.2 Å². The van der Waals surface area contributed by atoms with Crippen molar-refractivity contribution in [1.82, 2.24) is 4.57 Å². The quantitative estimate of drug-likeness (QED) is 0.614. The van der Waals surface area contributed by atoms with Crippen LogP contribution in [-0.4, -0.2) is 16.2 Å². The van der Waals surface area contributed by atoms with Crippen LogP contribution >= 0.6 is 11.6 Å². The molecular formula is C13H11ClN2O. The van der Waals surface area contributed by atoms with Gasteiger partial charge in [-0.2, -0.15) is 5.26 Å². The van der Waals surface area contributed by atoms with Crippen molar-refractivity contribution < 1.29 is 4.79 Å². The smallest absolute Gasteiger partial charge is 0.188 e. The summed E-state index contributed by atoms with van der Waals surface area (Å²) < 4.78 is 1.42. The summed E-state index contributed by atoms with van der Waals surface area (Å²) >= 11 is 5.57. The normalized spacial score (nSPS) is 10.4. The Morgan fingerprint density at radius 3 is 2.88 bits per heavy atom. The summed E-state index contributed by atoms with van der Waals surface area (Å²) in [6.45, 7) is 0. The van der Waals surface area contributed by atoms with Gasteiger partial charge in [0, 0.05) is 29.4 Å². The zero-order valence-electron chi connectivity index (χ0n) is 9.19. The summed E-state index contributed by atoms with van der Waals surface area (Å²) in [5.74, 6) is 0.513. The number of rotatable bonds is 4. The van der Waals surface area contributed by atoms with Crippen molar-refractivity contribution in [2.24, 2.45) is 0 Å². The first kappa shape index (κ1) is 11.7. The van der Waals surface area contributed by atoms with Crippen molar-refractivity contribution in [2.45, 2.75) is 12.8 Å². The summed E-state index contributed by atoms with van der Waals surface area (Å²) in [5.41, 5.74) is 1.37. The lowest BCUT2D eigenvalue weighted by Crippen LogP contribution is -1.98. The van der Waals surface area contributed by atoms with Gasteiger partial charge in [0.05, 0.1) is 5.52 Å². The molecule has 0 saturated heterocycles. The van der Waals surface area contributed by atoms with Gasteiger partial charge < -0.3 is 0 Å². The Balaban J connectivity index is 2.48. The maximum Gasteiger partial charge on any atom is 0.188 e. The molecule has 0 N–H and O–H groups in total. The lowest BCUT2D eigenvalue weighted by atomic mass is 10.1. The lowest BCUT2D eigenvalue weighted by Gasteiger charge is -1.96. The van der Waals surface area contributed by atoms with Crippen LogP contribution in [-0.2, 0) is 0 Å². The molecule has 1 heterocycles. The lowest BCUT2D eigenvalue weighted by molar-refractivity contribution is 0.0983. The molecule has 2 rings (SSSR count). The molecule has 17 heavy (non-hydrogen) atoms. The number of hydrogen-bond acceptors (Lipinski definition) is 2. The molecule has 2 aromatic rings. The number of aromatic nitrogens is 1. The third-order valence-corrected chi connectivity index (χ3v) is 2.92. The average molecular weight is 247 g/mol. The molecule has 0 bridgehead atoms. The number of halogens is 1. The molecule has 4 heteroatoms. The van der Waals surface area contributed by atoms with Crippen molar-refractivity contribution in [3.63, 3.8) is 0 Å². The predicted octanol–water partition coefficient (Wildman–Crippen LogP) is 3.17. The highest BCUT2D eigenvalue weighted by molar-refractivity contribution is 6.18. The highest BCUT2D eigenvalue weighted by Gasteiger charge is 2.13. The third kappa shape index (κ3) is 2.17. The van der Waals surface area contributed by atoms with Crippen LogP contribution in [0.25, 0.3) is 10.9 Å². The van der Waals surface area contributed by atoms with Crippen molar-refractivity contribution in [3.05, 3.63) is 36.0 Å². The number of para-hydroxylation sites is 1. The number of carbonyl (C=O) groups excluding carboxylic acids is 1. The first-order valence-electron chi connectivity index (χ1n) is 5.37. The number of carbonyl (C=O) groups is 1. The van der Waals surface area contributed by atoms with E-state index in [1.807, 2.05) is 30.5 Å². The Bertz CT molecular complexity index is 595. The fourth-order valence-corrected chi connectivity index (χ4v) is 1.98. The minimum atomic E-state index is 0.0378. The van der Waals surface area contributed by atoms with Gasteiger partial charge in [0.2, 0.25) is 0 Å². The Kier molecular flexibility index (Phi) is 3.46. The molecule has 0 radical (unpaired) electrons. The van der Waals surface area contributed by atoms with E-state index in [-0.39, 0.29) is 5.78 Å². The Morgan fingerprint density at radius 2 is 2.18 bits per heavy atom. The molecule has 86 valence electrons. The van der Waals surface area contributed by atoms with Crippen molar-refractivity contribution >= 4 is 28.3 Å². The van der Waals surface area contributed by atoms with Crippen molar-refractivity contribution in [1.29, 1.82) is 5.26 Å². The average Bonchev–Trinajstić information content (AvgIpc) is 2.75. The second kappa shape index (κ2) is 5.03. The molecule has 0 unspecified atom stereocenters. The molecule has 0 amide bonds. The Labute approximate surface area is 104 Å². The van der Waals surface area contributed by atoms with E-state index in [9.17, 15) is 4.79 Å². The summed E-state index contributed by atoms with van der Waals surface area (Å²) in [4.78, 5) is 12.0. The molecule has 0 aliphatic carbocycles. The van der Waals surface area contributed by atoms with E-state index >= 15 is 0 Å². The van der Waals surface area contributed by atoms with Crippen LogP contribution in [0.4, 0.5) is 0 Å². The van der Waals surface area contributed by atoms with Crippen LogP contribution in [0.1, 0.15) is 23.2 Å². The first-order chi connectivity index (χ1) is 8.27. The standard InChI is InChI=1S/C13H11ClN2O/c14-7-3-6-13(17)11-8-16(9-15)12-5-2-1-4-10(11)12/h1-2,4-5,8H,3,6-7H2. The zero-order chi connectivity index (χ0) is 12.3. The summed E-state index contributed by atoms with van der Waals surface area (Å²) in [6, 6.07) is 7.40. The largest absolute Gasteiger partial charge is 0.294 e. The maximum absolute atomic E-state index is 12.0. The molecule has 0 atom stereocenters. The van der Waals surface area contributed by atoms with Gasteiger partial charge in [-0.15, -0.1) is 11.6 Å². The number of hydrogen-bond donors (Lipinski definition) is 0. The van der Waals surface area contributed by atoms with E-state index < -0.39 is 0 Å². The number of fused-ring (bicyclic) bond motifs is 1. The topological polar surface area (TPSA) is 45.8 Å². The number of ketones is 1. The third-order valence-electron chi connectivity index (χ3n) is 2.66. The predicted molar refractivity (Wildman–Crippen MR) is 67.2 cm³/mol. The maximum atomic E-state index is 12.0. The Hall–Kier alpha value is -1.79. The van der Waals surface area contributed by atoms with Crippen molar-refractivity contribution in [2.75, 3.05) is 5.88 Å². The molecule has 1 aromatic carbocycles. The van der Waals surface area contributed by atoms with E-state index in [1.54, 1.807) is 6.20 Å². The SMILES string of the molecule is N#Cn1cc(C(=O)CCCCl)c2ccccc21. The second-order valence-electron chi connectivity index (χ2n) is 3.75. The first-order valence-corrected chi connectivity index (χ1v) is 5.90. The minimum Gasteiger partial charge on any atom is -0.294 e. The minimum absolute atomic E-state index is 0.0378. The van der Waals surface area contributed by atoms with Crippen molar-refractivity contribution in [3.8, 4) is 6.19 Å². The molecule has 0 fully saturated rings. The zero-order valence-corrected chi connectivity index (χ0v) is 9.94. The fourth-order valence-electron chi connectivity index (χ4n) is 1.85. The van der Waals surface area contributed by atoms with Crippen LogP contribution in [0.2, 0.25) is 0 Å². The number of nitriles is 1. The van der Waals surface area contributed by atoms with Gasteiger partial charge >= 0.3 is 0 Å². The fraction of sp³-hybridized carbons (Fsp3) is 0.231. The Morgan fingerprint density at radius 1 is 1.41 bits per heavy atom. The van der Waals surface area contributed by atoms with Crippen LogP contribution in [0.3, 0.4) is 0 Å². The number of benzene rings is 1. The van der Waals surface area contributed by atoms with Gasteiger partial charge in [-0.05, 0) is 12.5 Å². The van der Waals surface area contributed by atoms with Gasteiger partial charge in [0.25, 0.3) is 0 Å². The van der Waals surface area contributed by atoms with Crippen LogP contribution < -0.4 is 0 Å². The monoisotopic (exact) mass is 246 g/mol. The van der Waals surface area contributed by atoms with E-state index in [2.05, 4.69) is 0 Å². The van der Waals surface area contributed by atoms with E-state index in [4.69, 9.17) is 16.9 Å². The molecule has 3 nitrogen and oxygen atoms in total. The van der Waals surface area contributed by atoms with E-state index in [1.165, 1.54) is 4.57 Å². The van der Waals surface area contributed by atoms with Gasteiger partial charge in [-0.3, -0.25) is 9.36 Å². The molecular weight excluding hydrogens is 236 g/mol. The molecule has 0 aliphatic rings. The molecule has 0 aliphatic heterocycles. The van der Waals surface area contributed by atoms with Gasteiger partial charge in [0.1, 0.15) is 0 Å². The van der Waals surface area contributed by atoms with Crippen LogP contribution in [0, 0.1) is 11.5 Å². The summed E-state index contributed by atoms with van der Waals surface area (Å²) in [6.07, 6.45) is 4.72. The molecule has 0 saturated carbocycles. The van der Waals surface area contributed by atoms with Crippen LogP contribution in [0.5, 0.6) is 0 Å². The number of Topliss-reactive ketones (excluding diaryl/α,β-unsaturated/α-hetero) is 1. The molecule has 0 spiro atoms. The highest BCUT2D eigenvalue weighted by atomic mass is 35.5. The van der Waals surface area contributed by atoms with Gasteiger partial charge in [-0.25, -0.2) is 0 Å². The van der Waals surface area contributed by atoms with Gasteiger partial charge in [0.15, 0.2) is 12.0 Å². The number of nitrogens with zero attached hydrogens (tertiary/aromatic N) is 2. The number of alkyl halides is 1. The van der Waals surface area contributed by atoms with Crippen LogP contribution in [0.15, 0.2) is 30.5 Å². The molecule has 1 aromatic heterocycles.